The summed E-state index contributed by atoms with van der Waals surface area (Å²) < 4.78 is 4.00. The highest BCUT2D eigenvalue weighted by Gasteiger charge is 2.08. The fourth-order valence-corrected chi connectivity index (χ4v) is 3.17. The van der Waals surface area contributed by atoms with Crippen LogP contribution in [-0.2, 0) is 0 Å². The second-order valence-corrected chi connectivity index (χ2v) is 6.24. The molecule has 0 atom stereocenters. The zero-order valence-corrected chi connectivity index (χ0v) is 14.5. The maximum atomic E-state index is 4.84. The maximum absolute atomic E-state index is 4.84. The van der Waals surface area contributed by atoms with Crippen molar-refractivity contribution in [2.75, 3.05) is 5.32 Å². The molecule has 0 radical (unpaired) electrons. The van der Waals surface area contributed by atoms with Crippen molar-refractivity contribution >= 4 is 22.4 Å². The lowest BCUT2D eigenvalue weighted by molar-refractivity contribution is 1.01. The van der Waals surface area contributed by atoms with Crippen LogP contribution < -0.4 is 5.32 Å². The van der Waals surface area contributed by atoms with Crippen LogP contribution in [0.3, 0.4) is 0 Å². The highest BCUT2D eigenvalue weighted by molar-refractivity contribution is 5.91. The van der Waals surface area contributed by atoms with Gasteiger partial charge < -0.3 is 14.5 Å². The van der Waals surface area contributed by atoms with E-state index in [1.54, 1.807) is 0 Å². The first-order valence-corrected chi connectivity index (χ1v) is 8.77. The van der Waals surface area contributed by atoms with E-state index in [-0.39, 0.29) is 0 Å². The van der Waals surface area contributed by atoms with Crippen LogP contribution >= 0.6 is 0 Å². The van der Waals surface area contributed by atoms with E-state index >= 15 is 0 Å². The molecule has 0 amide bonds. The van der Waals surface area contributed by atoms with Crippen molar-refractivity contribution in [2.45, 2.75) is 0 Å². The molecule has 4 heterocycles. The Balaban J connectivity index is 1.57. The number of nitrogens with one attached hydrogen (secondary N) is 1. The van der Waals surface area contributed by atoms with Crippen molar-refractivity contribution in [1.29, 1.82) is 0 Å². The Labute approximate surface area is 156 Å². The number of hydrogen-bond acceptors (Lipinski definition) is 3. The molecule has 0 aliphatic carbocycles. The van der Waals surface area contributed by atoms with Crippen molar-refractivity contribution in [3.63, 3.8) is 0 Å². The quantitative estimate of drug-likeness (QED) is 0.498. The van der Waals surface area contributed by atoms with Gasteiger partial charge in [-0.05, 0) is 47.9 Å². The zero-order valence-electron chi connectivity index (χ0n) is 14.5. The Hall–Kier alpha value is -3.86. The van der Waals surface area contributed by atoms with E-state index in [1.807, 2.05) is 94.6 Å². The van der Waals surface area contributed by atoms with E-state index in [2.05, 4.69) is 22.4 Å². The Morgan fingerprint density at radius 2 is 1.37 bits per heavy atom. The molecule has 0 fully saturated rings. The largest absolute Gasteiger partial charge is 0.325 e. The molecule has 5 rings (SSSR count). The third kappa shape index (κ3) is 2.95. The van der Waals surface area contributed by atoms with Gasteiger partial charge in [-0.2, -0.15) is 0 Å². The Bertz CT molecular complexity index is 1190. The Morgan fingerprint density at radius 1 is 0.630 bits per heavy atom. The fraction of sp³-hybridized carbons (Fsp3) is 0. The number of nitrogens with zero attached hydrogens (tertiary/aromatic N) is 4. The van der Waals surface area contributed by atoms with Crippen LogP contribution in [0.5, 0.6) is 0 Å². The predicted octanol–water partition coefficient (Wildman–Crippen LogP) is 4.95. The number of rotatable bonds is 4. The lowest BCUT2D eigenvalue weighted by Gasteiger charge is -2.12. The molecule has 0 spiro atoms. The standard InChI is InChI=1S/C22H17N5/c1-2-9-18-17(8-1)16-20(25-22(18)27-14-5-6-15-27)23-19-10-7-11-21(24-19)26-12-3-4-13-26/h1-16H,(H,23,24,25). The summed E-state index contributed by atoms with van der Waals surface area (Å²) in [5.74, 6) is 3.26. The van der Waals surface area contributed by atoms with Gasteiger partial charge >= 0.3 is 0 Å². The molecule has 130 valence electrons. The average molecular weight is 351 g/mol. The van der Waals surface area contributed by atoms with Gasteiger partial charge in [-0.1, -0.05) is 30.3 Å². The third-order valence-electron chi connectivity index (χ3n) is 4.43. The van der Waals surface area contributed by atoms with E-state index in [1.165, 1.54) is 0 Å². The molecule has 4 aromatic heterocycles. The van der Waals surface area contributed by atoms with Gasteiger partial charge in [0.1, 0.15) is 23.3 Å². The van der Waals surface area contributed by atoms with Crippen LogP contribution in [0, 0.1) is 0 Å². The van der Waals surface area contributed by atoms with Gasteiger partial charge in [0.05, 0.1) is 0 Å². The summed E-state index contributed by atoms with van der Waals surface area (Å²) in [6, 6.07) is 24.2. The molecule has 5 aromatic rings. The molecule has 27 heavy (non-hydrogen) atoms. The van der Waals surface area contributed by atoms with Crippen LogP contribution in [-0.4, -0.2) is 19.1 Å². The first-order chi connectivity index (χ1) is 13.4. The minimum absolute atomic E-state index is 0.752. The van der Waals surface area contributed by atoms with E-state index in [9.17, 15) is 0 Å². The van der Waals surface area contributed by atoms with Gasteiger partial charge in [-0.25, -0.2) is 9.97 Å². The van der Waals surface area contributed by atoms with Crippen molar-refractivity contribution in [3.8, 4) is 11.6 Å². The first kappa shape index (κ1) is 15.4. The highest BCUT2D eigenvalue weighted by atomic mass is 15.1. The second kappa shape index (κ2) is 6.46. The minimum atomic E-state index is 0.752. The van der Waals surface area contributed by atoms with Crippen molar-refractivity contribution in [3.05, 3.63) is 97.6 Å². The van der Waals surface area contributed by atoms with Gasteiger partial charge in [-0.3, -0.25) is 0 Å². The highest BCUT2D eigenvalue weighted by Crippen LogP contribution is 2.25. The fourth-order valence-electron chi connectivity index (χ4n) is 3.17. The SMILES string of the molecule is c1cc(Nc2cc3ccccc3c(-n3cccc3)n2)nc(-n2cccc2)c1. The molecule has 0 aliphatic heterocycles. The van der Waals surface area contributed by atoms with E-state index in [0.29, 0.717) is 0 Å². The van der Waals surface area contributed by atoms with Crippen LogP contribution in [0.2, 0.25) is 0 Å². The van der Waals surface area contributed by atoms with Crippen LogP contribution in [0.25, 0.3) is 22.4 Å². The van der Waals surface area contributed by atoms with Crippen LogP contribution in [0.1, 0.15) is 0 Å². The predicted molar refractivity (Wildman–Crippen MR) is 108 cm³/mol. The molecule has 1 aromatic carbocycles. The lowest BCUT2D eigenvalue weighted by atomic mass is 10.1. The molecule has 0 bridgehead atoms. The van der Waals surface area contributed by atoms with Gasteiger partial charge in [0.25, 0.3) is 0 Å². The molecule has 0 saturated heterocycles. The third-order valence-corrected chi connectivity index (χ3v) is 4.43. The van der Waals surface area contributed by atoms with Gasteiger partial charge in [0.2, 0.25) is 0 Å². The van der Waals surface area contributed by atoms with E-state index in [4.69, 9.17) is 4.98 Å². The summed E-state index contributed by atoms with van der Waals surface area (Å²) in [4.78, 5) is 9.52. The van der Waals surface area contributed by atoms with E-state index < -0.39 is 0 Å². The van der Waals surface area contributed by atoms with Gasteiger partial charge in [-0.15, -0.1) is 0 Å². The molecular formula is C22H17N5. The number of pyridine rings is 2. The monoisotopic (exact) mass is 351 g/mol. The van der Waals surface area contributed by atoms with Gasteiger partial charge in [0, 0.05) is 30.2 Å². The normalized spacial score (nSPS) is 11.0. The number of benzene rings is 1. The van der Waals surface area contributed by atoms with Crippen molar-refractivity contribution < 1.29 is 0 Å². The molecule has 0 unspecified atom stereocenters. The summed E-state index contributed by atoms with van der Waals surface area (Å²) in [6.07, 6.45) is 7.96. The molecule has 0 saturated carbocycles. The first-order valence-electron chi connectivity index (χ1n) is 8.77. The molecule has 1 N–H and O–H groups in total. The summed E-state index contributed by atoms with van der Waals surface area (Å²) >= 11 is 0. The number of fused-ring (bicyclic) bond motifs is 1. The second-order valence-electron chi connectivity index (χ2n) is 6.24. The summed E-state index contributed by atoms with van der Waals surface area (Å²) in [6.45, 7) is 0. The Kier molecular flexibility index (Phi) is 3.68. The lowest BCUT2D eigenvalue weighted by Crippen LogP contribution is -2.03. The molecular weight excluding hydrogens is 334 g/mol. The van der Waals surface area contributed by atoms with E-state index in [0.717, 1.165) is 34.0 Å². The van der Waals surface area contributed by atoms with Crippen molar-refractivity contribution in [2.24, 2.45) is 0 Å². The summed E-state index contributed by atoms with van der Waals surface area (Å²) in [7, 11) is 0. The van der Waals surface area contributed by atoms with Crippen LogP contribution in [0.15, 0.2) is 97.6 Å². The average Bonchev–Trinajstić information content (AvgIpc) is 3.42. The zero-order chi connectivity index (χ0) is 18.1. The maximum Gasteiger partial charge on any atom is 0.146 e. The number of aromatic nitrogens is 4. The summed E-state index contributed by atoms with van der Waals surface area (Å²) in [5, 5.41) is 5.58. The number of anilines is 2. The topological polar surface area (TPSA) is 47.7 Å². The van der Waals surface area contributed by atoms with Gasteiger partial charge in [0.15, 0.2) is 0 Å². The van der Waals surface area contributed by atoms with Crippen molar-refractivity contribution in [1.82, 2.24) is 19.1 Å². The van der Waals surface area contributed by atoms with Crippen LogP contribution in [0.4, 0.5) is 11.6 Å². The molecule has 0 aliphatic rings. The smallest absolute Gasteiger partial charge is 0.146 e. The molecule has 5 heteroatoms. The Morgan fingerprint density at radius 3 is 2.19 bits per heavy atom. The molecule has 5 nitrogen and oxygen atoms in total. The summed E-state index contributed by atoms with van der Waals surface area (Å²) in [5.41, 5.74) is 0. The minimum Gasteiger partial charge on any atom is -0.325 e. The number of hydrogen-bond donors (Lipinski definition) is 1.